The largest absolute Gasteiger partial charge is 0.438 e. The monoisotopic (exact) mass is 196 g/mol. The predicted molar refractivity (Wildman–Crippen MR) is 55.4 cm³/mol. The zero-order valence-electron chi connectivity index (χ0n) is 9.02. The highest BCUT2D eigenvalue weighted by Gasteiger charge is 2.37. The number of carbonyl (C=O) groups excluding carboxylic acids is 1. The Morgan fingerprint density at radius 3 is 2.71 bits per heavy atom. The van der Waals surface area contributed by atoms with Crippen LogP contribution in [-0.4, -0.2) is 35.9 Å². The molecule has 1 saturated heterocycles. The van der Waals surface area contributed by atoms with Crippen LogP contribution in [0.2, 0.25) is 0 Å². The zero-order valence-corrected chi connectivity index (χ0v) is 9.02. The van der Waals surface area contributed by atoms with E-state index in [9.17, 15) is 4.79 Å². The van der Waals surface area contributed by atoms with Gasteiger partial charge in [-0.05, 0) is 20.8 Å². The SMILES string of the molecule is C/C=C\N=C(C)C1OC(=O)N(C)C1C. The molecule has 14 heavy (non-hydrogen) atoms. The summed E-state index contributed by atoms with van der Waals surface area (Å²) in [6.45, 7) is 5.71. The molecule has 0 aromatic rings. The summed E-state index contributed by atoms with van der Waals surface area (Å²) >= 11 is 0. The zero-order chi connectivity index (χ0) is 10.7. The Hall–Kier alpha value is -1.32. The molecule has 2 atom stereocenters. The third-order valence-electron chi connectivity index (χ3n) is 2.40. The average molecular weight is 196 g/mol. The Bertz CT molecular complexity index is 284. The van der Waals surface area contributed by atoms with E-state index in [1.807, 2.05) is 26.8 Å². The maximum Gasteiger partial charge on any atom is 0.410 e. The van der Waals surface area contributed by atoms with E-state index in [4.69, 9.17) is 4.74 Å². The summed E-state index contributed by atoms with van der Waals surface area (Å²) in [7, 11) is 1.73. The van der Waals surface area contributed by atoms with Gasteiger partial charge in [-0.3, -0.25) is 4.99 Å². The van der Waals surface area contributed by atoms with Crippen LogP contribution in [0.1, 0.15) is 20.8 Å². The molecule has 0 spiro atoms. The quantitative estimate of drug-likeness (QED) is 0.632. The van der Waals surface area contributed by atoms with Gasteiger partial charge in [-0.15, -0.1) is 0 Å². The van der Waals surface area contributed by atoms with Gasteiger partial charge in [-0.2, -0.15) is 0 Å². The van der Waals surface area contributed by atoms with Crippen molar-refractivity contribution < 1.29 is 9.53 Å². The van der Waals surface area contributed by atoms with Crippen LogP contribution in [0.25, 0.3) is 0 Å². The molecule has 78 valence electrons. The van der Waals surface area contributed by atoms with E-state index in [1.165, 1.54) is 0 Å². The van der Waals surface area contributed by atoms with Crippen molar-refractivity contribution in [1.82, 2.24) is 4.90 Å². The molecule has 1 rings (SSSR count). The third kappa shape index (κ3) is 1.95. The van der Waals surface area contributed by atoms with Crippen LogP contribution in [0.15, 0.2) is 17.3 Å². The van der Waals surface area contributed by atoms with Gasteiger partial charge in [0.1, 0.15) is 0 Å². The lowest BCUT2D eigenvalue weighted by Crippen LogP contribution is -2.34. The van der Waals surface area contributed by atoms with E-state index in [0.717, 1.165) is 5.71 Å². The van der Waals surface area contributed by atoms with Crippen molar-refractivity contribution in [3.63, 3.8) is 0 Å². The predicted octanol–water partition coefficient (Wildman–Crippen LogP) is 1.82. The molecule has 0 aromatic carbocycles. The highest BCUT2D eigenvalue weighted by molar-refractivity contribution is 5.91. The molecule has 2 unspecified atom stereocenters. The lowest BCUT2D eigenvalue weighted by Gasteiger charge is -2.15. The van der Waals surface area contributed by atoms with E-state index >= 15 is 0 Å². The Morgan fingerprint density at radius 1 is 1.64 bits per heavy atom. The minimum atomic E-state index is -0.280. The van der Waals surface area contributed by atoms with Crippen molar-refractivity contribution in [3.8, 4) is 0 Å². The third-order valence-corrected chi connectivity index (χ3v) is 2.40. The molecule has 0 aliphatic carbocycles. The van der Waals surface area contributed by atoms with Crippen LogP contribution in [-0.2, 0) is 4.74 Å². The second kappa shape index (κ2) is 4.26. The van der Waals surface area contributed by atoms with Gasteiger partial charge < -0.3 is 9.64 Å². The molecule has 0 saturated carbocycles. The van der Waals surface area contributed by atoms with Crippen molar-refractivity contribution in [2.75, 3.05) is 7.05 Å². The normalized spacial score (nSPS) is 28.7. The molecule has 1 aliphatic rings. The van der Waals surface area contributed by atoms with Crippen LogP contribution >= 0.6 is 0 Å². The van der Waals surface area contributed by atoms with Gasteiger partial charge in [0.15, 0.2) is 6.10 Å². The number of ether oxygens (including phenoxy) is 1. The molecule has 4 nitrogen and oxygen atoms in total. The Morgan fingerprint density at radius 2 is 2.29 bits per heavy atom. The summed E-state index contributed by atoms with van der Waals surface area (Å²) in [5, 5.41) is 0. The highest BCUT2D eigenvalue weighted by atomic mass is 16.6. The van der Waals surface area contributed by atoms with Crippen molar-refractivity contribution in [1.29, 1.82) is 0 Å². The smallest absolute Gasteiger partial charge is 0.410 e. The number of carbonyl (C=O) groups is 1. The van der Waals surface area contributed by atoms with E-state index in [0.29, 0.717) is 0 Å². The molecule has 1 fully saturated rings. The Labute approximate surface area is 84.3 Å². The maximum absolute atomic E-state index is 11.2. The summed E-state index contributed by atoms with van der Waals surface area (Å²) < 4.78 is 5.17. The molecule has 1 amide bonds. The number of hydrogen-bond acceptors (Lipinski definition) is 3. The molecule has 0 N–H and O–H groups in total. The van der Waals surface area contributed by atoms with Crippen LogP contribution in [0.5, 0.6) is 0 Å². The molecular weight excluding hydrogens is 180 g/mol. The van der Waals surface area contributed by atoms with E-state index in [1.54, 1.807) is 18.1 Å². The number of likely N-dealkylation sites (N-methyl/N-ethyl adjacent to an activating group) is 1. The summed E-state index contributed by atoms with van der Waals surface area (Å²) in [6.07, 6.45) is 3.05. The lowest BCUT2D eigenvalue weighted by molar-refractivity contribution is 0.152. The van der Waals surface area contributed by atoms with Crippen LogP contribution in [0.4, 0.5) is 4.79 Å². The van der Waals surface area contributed by atoms with Gasteiger partial charge in [-0.1, -0.05) is 6.08 Å². The summed E-state index contributed by atoms with van der Waals surface area (Å²) in [6, 6.07) is 0.0523. The number of amides is 1. The molecule has 0 radical (unpaired) electrons. The number of cyclic esters (lactones) is 1. The number of rotatable bonds is 2. The van der Waals surface area contributed by atoms with Gasteiger partial charge in [0, 0.05) is 13.2 Å². The number of aliphatic imine (C=N–C) groups is 1. The van der Waals surface area contributed by atoms with Gasteiger partial charge in [0.25, 0.3) is 0 Å². The van der Waals surface area contributed by atoms with E-state index < -0.39 is 0 Å². The van der Waals surface area contributed by atoms with Crippen molar-refractivity contribution in [2.45, 2.75) is 32.9 Å². The van der Waals surface area contributed by atoms with Gasteiger partial charge in [0.05, 0.1) is 11.8 Å². The average Bonchev–Trinajstić information content (AvgIpc) is 2.42. The van der Waals surface area contributed by atoms with Crippen LogP contribution in [0, 0.1) is 0 Å². The lowest BCUT2D eigenvalue weighted by atomic mass is 10.1. The summed E-state index contributed by atoms with van der Waals surface area (Å²) in [5.74, 6) is 0. The van der Waals surface area contributed by atoms with Gasteiger partial charge >= 0.3 is 6.09 Å². The first-order chi connectivity index (χ1) is 6.57. The van der Waals surface area contributed by atoms with Crippen LogP contribution in [0.3, 0.4) is 0 Å². The Kier molecular flexibility index (Phi) is 3.28. The molecule has 4 heteroatoms. The van der Waals surface area contributed by atoms with Crippen molar-refractivity contribution in [2.24, 2.45) is 4.99 Å². The first-order valence-electron chi connectivity index (χ1n) is 4.66. The molecule has 0 bridgehead atoms. The number of allylic oxidation sites excluding steroid dienone is 1. The fourth-order valence-electron chi connectivity index (χ4n) is 1.36. The summed E-state index contributed by atoms with van der Waals surface area (Å²) in [4.78, 5) is 17.0. The maximum atomic E-state index is 11.2. The van der Waals surface area contributed by atoms with Crippen molar-refractivity contribution in [3.05, 3.63) is 12.3 Å². The molecule has 1 heterocycles. The first-order valence-corrected chi connectivity index (χ1v) is 4.66. The molecular formula is C10H16N2O2. The fraction of sp³-hybridized carbons (Fsp3) is 0.600. The number of hydrogen-bond donors (Lipinski definition) is 0. The second-order valence-corrected chi connectivity index (χ2v) is 3.41. The first kappa shape index (κ1) is 10.8. The minimum Gasteiger partial charge on any atom is -0.438 e. The fourth-order valence-corrected chi connectivity index (χ4v) is 1.36. The van der Waals surface area contributed by atoms with Gasteiger partial charge in [0.2, 0.25) is 0 Å². The van der Waals surface area contributed by atoms with Gasteiger partial charge in [-0.25, -0.2) is 4.79 Å². The second-order valence-electron chi connectivity index (χ2n) is 3.41. The van der Waals surface area contributed by atoms with Crippen LogP contribution < -0.4 is 0 Å². The molecule has 0 aromatic heterocycles. The van der Waals surface area contributed by atoms with E-state index in [2.05, 4.69) is 4.99 Å². The standard InChI is InChI=1S/C10H16N2O2/c1-5-6-11-7(2)9-8(3)12(4)10(13)14-9/h5-6,8-9H,1-4H3/b6-5-,11-7?. The van der Waals surface area contributed by atoms with E-state index in [-0.39, 0.29) is 18.2 Å². The van der Waals surface area contributed by atoms with Crippen molar-refractivity contribution >= 4 is 11.8 Å². The minimum absolute atomic E-state index is 0.0523. The number of nitrogens with zero attached hydrogens (tertiary/aromatic N) is 2. The topological polar surface area (TPSA) is 41.9 Å². The Balaban J connectivity index is 2.76. The molecule has 1 aliphatic heterocycles. The highest BCUT2D eigenvalue weighted by Crippen LogP contribution is 2.18. The summed E-state index contributed by atoms with van der Waals surface area (Å²) in [5.41, 5.74) is 0.827.